The van der Waals surface area contributed by atoms with Crippen molar-refractivity contribution in [2.24, 2.45) is 0 Å². The molecule has 4 N–H and O–H groups in total. The molecule has 0 unspecified atom stereocenters. The van der Waals surface area contributed by atoms with Crippen molar-refractivity contribution in [3.63, 3.8) is 0 Å². The average molecular weight is 472 g/mol. The van der Waals surface area contributed by atoms with Gasteiger partial charge < -0.3 is 20.9 Å². The Morgan fingerprint density at radius 3 is 2.80 bits per heavy atom. The van der Waals surface area contributed by atoms with E-state index in [0.29, 0.717) is 24.2 Å². The summed E-state index contributed by atoms with van der Waals surface area (Å²) in [5.41, 5.74) is 10.1. The number of rotatable bonds is 5. The van der Waals surface area contributed by atoms with Crippen molar-refractivity contribution in [3.05, 3.63) is 60.6 Å². The molecule has 6 rings (SSSR count). The minimum absolute atomic E-state index is 0.0464. The third kappa shape index (κ3) is 4.22. The summed E-state index contributed by atoms with van der Waals surface area (Å²) in [6.45, 7) is 5.17. The standard InChI is InChI=1S/C26H29N7O2/c1-16-4-2-3-5-20(16)22-8-17-9-25(28-11-21(17)26(27)31-22)30-18-10-29-33(12-18)23-6-7-32(13-24(23)34)19-14-35-15-19/h2-5,8-12,19,23-24,34H,6-7,13-15H2,1H3,(H2,27,31)(H,28,30)/t23-,24-/m1/s1. The summed E-state index contributed by atoms with van der Waals surface area (Å²) in [6.07, 6.45) is 5.83. The Hall–Kier alpha value is -3.53. The van der Waals surface area contributed by atoms with E-state index in [2.05, 4.69) is 44.3 Å². The maximum Gasteiger partial charge on any atom is 0.133 e. The molecule has 0 bridgehead atoms. The zero-order valence-corrected chi connectivity index (χ0v) is 19.6. The number of hydrogen-bond acceptors (Lipinski definition) is 8. The van der Waals surface area contributed by atoms with Gasteiger partial charge in [0.15, 0.2) is 0 Å². The van der Waals surface area contributed by atoms with Gasteiger partial charge in [0.2, 0.25) is 0 Å². The molecular formula is C26H29N7O2. The van der Waals surface area contributed by atoms with Crippen LogP contribution >= 0.6 is 0 Å². The Balaban J connectivity index is 1.21. The highest BCUT2D eigenvalue weighted by Gasteiger charge is 2.35. The fourth-order valence-corrected chi connectivity index (χ4v) is 4.99. The SMILES string of the molecule is Cc1ccccc1-c1cc2cc(Nc3cnn([C@@H]4CCN(C5COC5)C[C@H]4O)c3)ncc2c(N)n1. The zero-order chi connectivity index (χ0) is 23.9. The molecule has 3 aromatic heterocycles. The van der Waals surface area contributed by atoms with Crippen molar-refractivity contribution in [2.75, 3.05) is 37.4 Å². The molecular weight excluding hydrogens is 442 g/mol. The molecule has 5 heterocycles. The number of aliphatic hydroxyl groups excluding tert-OH is 1. The van der Waals surface area contributed by atoms with Crippen LogP contribution in [-0.2, 0) is 4.74 Å². The Bertz CT molecular complexity index is 1370. The van der Waals surface area contributed by atoms with Crippen LogP contribution in [0.4, 0.5) is 17.3 Å². The Labute approximate surface area is 203 Å². The molecule has 0 aliphatic carbocycles. The van der Waals surface area contributed by atoms with Gasteiger partial charge in [-0.15, -0.1) is 0 Å². The zero-order valence-electron chi connectivity index (χ0n) is 19.6. The van der Waals surface area contributed by atoms with Crippen molar-refractivity contribution < 1.29 is 9.84 Å². The third-order valence-corrected chi connectivity index (χ3v) is 7.09. The smallest absolute Gasteiger partial charge is 0.133 e. The molecule has 0 amide bonds. The first-order valence-electron chi connectivity index (χ1n) is 12.0. The van der Waals surface area contributed by atoms with Crippen LogP contribution < -0.4 is 11.1 Å². The number of hydrogen-bond donors (Lipinski definition) is 3. The highest BCUT2D eigenvalue weighted by Crippen LogP contribution is 2.30. The van der Waals surface area contributed by atoms with Gasteiger partial charge >= 0.3 is 0 Å². The predicted octanol–water partition coefficient (Wildman–Crippen LogP) is 3.13. The van der Waals surface area contributed by atoms with Crippen LogP contribution in [0.15, 0.2) is 55.0 Å². The number of aromatic nitrogens is 4. The molecule has 9 nitrogen and oxygen atoms in total. The Morgan fingerprint density at radius 2 is 2.03 bits per heavy atom. The normalized spacial score (nSPS) is 21.2. The molecule has 2 aliphatic heterocycles. The van der Waals surface area contributed by atoms with E-state index in [0.717, 1.165) is 59.5 Å². The summed E-state index contributed by atoms with van der Waals surface area (Å²) in [4.78, 5) is 11.4. The first-order chi connectivity index (χ1) is 17.0. The van der Waals surface area contributed by atoms with Gasteiger partial charge in [-0.1, -0.05) is 24.3 Å². The number of nitrogen functional groups attached to an aromatic ring is 1. The largest absolute Gasteiger partial charge is 0.390 e. The number of likely N-dealkylation sites (tertiary alicyclic amines) is 1. The van der Waals surface area contributed by atoms with Crippen molar-refractivity contribution in [3.8, 4) is 11.3 Å². The monoisotopic (exact) mass is 471 g/mol. The lowest BCUT2D eigenvalue weighted by molar-refractivity contribution is -0.0945. The van der Waals surface area contributed by atoms with Gasteiger partial charge in [0.25, 0.3) is 0 Å². The fourth-order valence-electron chi connectivity index (χ4n) is 4.99. The van der Waals surface area contributed by atoms with Crippen LogP contribution in [0.5, 0.6) is 0 Å². The fraction of sp³-hybridized carbons (Fsp3) is 0.346. The van der Waals surface area contributed by atoms with Crippen molar-refractivity contribution >= 4 is 28.1 Å². The maximum atomic E-state index is 10.8. The maximum absolute atomic E-state index is 10.8. The van der Waals surface area contributed by atoms with Crippen LogP contribution in [0.3, 0.4) is 0 Å². The van der Waals surface area contributed by atoms with E-state index in [4.69, 9.17) is 10.5 Å². The number of ether oxygens (including phenoxy) is 1. The summed E-state index contributed by atoms with van der Waals surface area (Å²) < 4.78 is 7.16. The van der Waals surface area contributed by atoms with Crippen LogP contribution in [0.25, 0.3) is 22.0 Å². The summed E-state index contributed by atoms with van der Waals surface area (Å²) in [6, 6.07) is 12.5. The molecule has 35 heavy (non-hydrogen) atoms. The average Bonchev–Trinajstić information content (AvgIpc) is 3.26. The molecule has 4 aromatic rings. The molecule has 0 saturated carbocycles. The summed E-state index contributed by atoms with van der Waals surface area (Å²) in [7, 11) is 0. The van der Waals surface area contributed by atoms with Crippen LogP contribution in [0, 0.1) is 6.92 Å². The van der Waals surface area contributed by atoms with Crippen molar-refractivity contribution in [2.45, 2.75) is 31.5 Å². The van der Waals surface area contributed by atoms with Crippen LogP contribution in [0.1, 0.15) is 18.0 Å². The van der Waals surface area contributed by atoms with E-state index in [1.54, 1.807) is 12.4 Å². The van der Waals surface area contributed by atoms with E-state index >= 15 is 0 Å². The number of nitrogens with one attached hydrogen (secondary N) is 1. The highest BCUT2D eigenvalue weighted by molar-refractivity contribution is 5.94. The lowest BCUT2D eigenvalue weighted by Gasteiger charge is -2.43. The number of nitrogens with zero attached hydrogens (tertiary/aromatic N) is 5. The second-order valence-electron chi connectivity index (χ2n) is 9.44. The van der Waals surface area contributed by atoms with E-state index < -0.39 is 6.10 Å². The summed E-state index contributed by atoms with van der Waals surface area (Å²) >= 11 is 0. The topological polar surface area (TPSA) is 114 Å². The molecule has 180 valence electrons. The predicted molar refractivity (Wildman–Crippen MR) is 135 cm³/mol. The van der Waals surface area contributed by atoms with Crippen LogP contribution in [0.2, 0.25) is 0 Å². The van der Waals surface area contributed by atoms with Gasteiger partial charge in [-0.3, -0.25) is 9.58 Å². The number of nitrogens with two attached hydrogens (primary N) is 1. The number of anilines is 3. The Morgan fingerprint density at radius 1 is 1.17 bits per heavy atom. The second-order valence-corrected chi connectivity index (χ2v) is 9.44. The number of aliphatic hydroxyl groups is 1. The molecule has 1 aromatic carbocycles. The van der Waals surface area contributed by atoms with Gasteiger partial charge in [-0.2, -0.15) is 5.10 Å². The third-order valence-electron chi connectivity index (χ3n) is 7.09. The van der Waals surface area contributed by atoms with Crippen LogP contribution in [-0.4, -0.2) is 68.2 Å². The first-order valence-corrected chi connectivity index (χ1v) is 12.0. The lowest BCUT2D eigenvalue weighted by atomic mass is 10.00. The molecule has 2 saturated heterocycles. The molecule has 0 spiro atoms. The van der Waals surface area contributed by atoms with E-state index in [1.165, 1.54) is 0 Å². The van der Waals surface area contributed by atoms with E-state index in [9.17, 15) is 5.11 Å². The van der Waals surface area contributed by atoms with Gasteiger partial charge in [0.1, 0.15) is 11.6 Å². The highest BCUT2D eigenvalue weighted by atomic mass is 16.5. The molecule has 0 radical (unpaired) electrons. The Kier molecular flexibility index (Phi) is 5.60. The lowest BCUT2D eigenvalue weighted by Crippen LogP contribution is -2.55. The van der Waals surface area contributed by atoms with Gasteiger partial charge in [0.05, 0.1) is 49.0 Å². The number of pyridine rings is 2. The summed E-state index contributed by atoms with van der Waals surface area (Å²) in [5.74, 6) is 1.15. The number of piperidine rings is 1. The number of aryl methyl sites for hydroxylation is 1. The minimum atomic E-state index is -0.466. The van der Waals surface area contributed by atoms with E-state index in [1.807, 2.05) is 35.1 Å². The molecule has 2 fully saturated rings. The van der Waals surface area contributed by atoms with Crippen molar-refractivity contribution in [1.29, 1.82) is 0 Å². The van der Waals surface area contributed by atoms with Gasteiger partial charge in [0, 0.05) is 36.4 Å². The number of benzene rings is 1. The number of fused-ring (bicyclic) bond motifs is 1. The quantitative estimate of drug-likeness (QED) is 0.407. The van der Waals surface area contributed by atoms with Gasteiger partial charge in [-0.25, -0.2) is 9.97 Å². The first kappa shape index (κ1) is 22.0. The van der Waals surface area contributed by atoms with E-state index in [-0.39, 0.29) is 6.04 Å². The second kappa shape index (κ2) is 8.92. The molecule has 2 aliphatic rings. The van der Waals surface area contributed by atoms with Gasteiger partial charge in [-0.05, 0) is 36.4 Å². The minimum Gasteiger partial charge on any atom is -0.390 e. The number of β-amino-alcohol motifs (C(OH)–C–C–N with tert-alkyl or cyclic N) is 1. The molecule has 9 heteroatoms. The molecule has 2 atom stereocenters. The summed E-state index contributed by atoms with van der Waals surface area (Å²) in [5, 5.41) is 20.4. The van der Waals surface area contributed by atoms with Crippen molar-refractivity contribution in [1.82, 2.24) is 24.6 Å².